The highest BCUT2D eigenvalue weighted by molar-refractivity contribution is 6.25. The van der Waals surface area contributed by atoms with Gasteiger partial charge in [-0.05, 0) is 74.9 Å². The number of ketones is 2. The zero-order valence-corrected chi connectivity index (χ0v) is 25.3. The molecule has 4 aliphatic rings. The lowest BCUT2D eigenvalue weighted by Crippen LogP contribution is -2.76. The number of methoxy groups -OCH3 is 1. The van der Waals surface area contributed by atoms with Crippen LogP contribution in [0.15, 0.2) is 35.9 Å². The third-order valence-electron chi connectivity index (χ3n) is 10.0. The highest BCUT2D eigenvalue weighted by Gasteiger charge is 2.70. The van der Waals surface area contributed by atoms with Crippen molar-refractivity contribution in [3.63, 3.8) is 0 Å². The Morgan fingerprint density at radius 1 is 1.09 bits per heavy atom. The van der Waals surface area contributed by atoms with Crippen LogP contribution in [0.2, 0.25) is 0 Å². The number of primary amides is 1. The second-order valence-corrected chi connectivity index (χ2v) is 12.7. The van der Waals surface area contributed by atoms with Crippen molar-refractivity contribution in [3.8, 4) is 22.6 Å². The van der Waals surface area contributed by atoms with Gasteiger partial charge in [0.05, 0.1) is 24.9 Å². The third kappa shape index (κ3) is 4.58. The number of phenols is 1. The summed E-state index contributed by atoms with van der Waals surface area (Å²) in [4.78, 5) is 43.7. The number of benzene rings is 2. The number of Topliss-reactive ketones (excluding diaryl/α,β-unsaturated/α-hetero) is 2. The van der Waals surface area contributed by atoms with Gasteiger partial charge >= 0.3 is 0 Å². The summed E-state index contributed by atoms with van der Waals surface area (Å²) in [7, 11) is 4.63. The maximum absolute atomic E-state index is 14.1. The molecule has 2 aromatic carbocycles. The standard InChI is InChI=1S/C33H38N3O9/c1-35(2)26-25-27(38)19-13-18-17(15-6-9-21(45-3)16(12-15)14-36-10-4-5-11-36)7-8-20(37)22(18)28(39)23(19)30(41)33(25,44)31(42)24(29(26)40)32(34)43/h6-9,12-13,19,24-27,29,37-40,44H,4-5,10-11,14H2,1-3H3,(H2,34,43)/t19-,24?,25-,26+,27+,29?,33+/m0/s1. The second-order valence-electron chi connectivity index (χ2n) is 12.7. The lowest BCUT2D eigenvalue weighted by atomic mass is 9.53. The van der Waals surface area contributed by atoms with Crippen LogP contribution in [0.1, 0.15) is 29.5 Å². The minimum atomic E-state index is -2.98. The molecule has 0 spiro atoms. The summed E-state index contributed by atoms with van der Waals surface area (Å²) in [5, 5.41) is 57.3. The summed E-state index contributed by atoms with van der Waals surface area (Å²) in [6.45, 7) is 2.62. The molecule has 6 rings (SSSR count). The number of fused-ring (bicyclic) bond motifs is 3. The van der Waals surface area contributed by atoms with Crippen molar-refractivity contribution in [3.05, 3.63) is 59.0 Å². The molecule has 0 bridgehead atoms. The van der Waals surface area contributed by atoms with Crippen LogP contribution in [0.4, 0.5) is 0 Å². The molecule has 12 nitrogen and oxygen atoms in total. The maximum Gasteiger partial charge on any atom is 0.230 e. The number of carbonyl (C=O) groups is 3. The van der Waals surface area contributed by atoms with Crippen LogP contribution in [0.3, 0.4) is 0 Å². The Morgan fingerprint density at radius 2 is 1.78 bits per heavy atom. The molecule has 2 aromatic rings. The van der Waals surface area contributed by atoms with Crippen LogP contribution in [0, 0.1) is 24.2 Å². The van der Waals surface area contributed by atoms with Gasteiger partial charge in [-0.15, -0.1) is 0 Å². The van der Waals surface area contributed by atoms with E-state index in [-0.39, 0.29) is 11.3 Å². The molecule has 1 amide bonds. The van der Waals surface area contributed by atoms with Crippen molar-refractivity contribution >= 4 is 23.2 Å². The van der Waals surface area contributed by atoms with Crippen LogP contribution in [-0.4, -0.2) is 111 Å². The molecule has 1 saturated heterocycles. The number of nitrogens with zero attached hydrogens (tertiary/aromatic N) is 2. The molecule has 3 aliphatic carbocycles. The number of likely N-dealkylation sites (tertiary alicyclic amines) is 1. The molecule has 1 aliphatic heterocycles. The predicted octanol–water partition coefficient (Wildman–Crippen LogP) is 0.381. The fourth-order valence-electron chi connectivity index (χ4n) is 7.90. The Hall–Kier alpha value is -3.81. The van der Waals surface area contributed by atoms with Crippen molar-refractivity contribution < 1.29 is 44.7 Å². The molecule has 239 valence electrons. The predicted molar refractivity (Wildman–Crippen MR) is 162 cm³/mol. The molecule has 7 N–H and O–H groups in total. The van der Waals surface area contributed by atoms with Gasteiger partial charge in [0.15, 0.2) is 11.4 Å². The van der Waals surface area contributed by atoms with E-state index in [1.807, 2.05) is 18.2 Å². The minimum Gasteiger partial charge on any atom is -0.507 e. The van der Waals surface area contributed by atoms with Gasteiger partial charge in [-0.2, -0.15) is 0 Å². The summed E-state index contributed by atoms with van der Waals surface area (Å²) in [5.74, 6) is -8.89. The number of phenolic OH excluding ortho intramolecular Hbond substituents is 1. The van der Waals surface area contributed by atoms with Crippen molar-refractivity contribution in [2.75, 3.05) is 34.3 Å². The molecule has 7 atom stereocenters. The topological polar surface area (TPSA) is 194 Å². The van der Waals surface area contributed by atoms with E-state index in [2.05, 4.69) is 4.90 Å². The molecule has 1 heterocycles. The lowest BCUT2D eigenvalue weighted by Gasteiger charge is -2.55. The number of amides is 1. The first kappa shape index (κ1) is 31.2. The number of hydrogen-bond donors (Lipinski definition) is 6. The molecule has 2 saturated carbocycles. The van der Waals surface area contributed by atoms with Crippen LogP contribution in [0.5, 0.6) is 11.5 Å². The molecular weight excluding hydrogens is 582 g/mol. The summed E-state index contributed by atoms with van der Waals surface area (Å²) in [5.41, 5.74) is 4.49. The molecule has 1 radical (unpaired) electrons. The van der Waals surface area contributed by atoms with Gasteiger partial charge in [0.25, 0.3) is 0 Å². The number of hydrogen-bond acceptors (Lipinski definition) is 11. The summed E-state index contributed by atoms with van der Waals surface area (Å²) in [6.07, 6.45) is 0.385. The Balaban J connectivity index is 1.50. The van der Waals surface area contributed by atoms with Gasteiger partial charge in [-0.3, -0.25) is 19.3 Å². The fraction of sp³-hybridized carbons (Fsp3) is 0.455. The summed E-state index contributed by atoms with van der Waals surface area (Å²) in [6, 6.07) is 7.46. The van der Waals surface area contributed by atoms with Crippen molar-refractivity contribution in [2.24, 2.45) is 23.5 Å². The van der Waals surface area contributed by atoms with E-state index >= 15 is 0 Å². The largest absolute Gasteiger partial charge is 0.507 e. The number of likely N-dealkylation sites (N-methyl/N-ethyl adjacent to an activating group) is 1. The number of ether oxygens (including phenoxy) is 1. The minimum absolute atomic E-state index is 0.0998. The Kier molecular flexibility index (Phi) is 7.77. The number of rotatable bonds is 6. The SMILES string of the molecule is COc1ccc(-c2ccc(O)c3c2[CH][C@H]2C(=C3O)C(=O)[C@@]3(O)C(=O)C(C(N)=O)C(O)[C@H](N(C)C)[C@H]3[C@@H]2O)cc1CN1CCCC1. The summed E-state index contributed by atoms with van der Waals surface area (Å²) < 4.78 is 5.62. The van der Waals surface area contributed by atoms with E-state index in [9.17, 15) is 39.9 Å². The first-order valence-corrected chi connectivity index (χ1v) is 15.0. The molecular formula is C33H38N3O9. The van der Waals surface area contributed by atoms with Gasteiger partial charge in [-0.1, -0.05) is 12.1 Å². The number of aromatic hydroxyl groups is 1. The van der Waals surface area contributed by atoms with Gasteiger partial charge in [0, 0.05) is 42.0 Å². The molecule has 3 fully saturated rings. The van der Waals surface area contributed by atoms with Crippen molar-refractivity contribution in [1.29, 1.82) is 0 Å². The quantitative estimate of drug-likeness (QED) is 0.245. The van der Waals surface area contributed by atoms with Crippen LogP contribution in [0.25, 0.3) is 16.9 Å². The fourth-order valence-corrected chi connectivity index (χ4v) is 7.90. The number of aliphatic hydroxyl groups excluding tert-OH is 3. The normalized spacial score (nSPS) is 31.5. The van der Waals surface area contributed by atoms with Crippen LogP contribution >= 0.6 is 0 Å². The zero-order valence-electron chi connectivity index (χ0n) is 25.3. The first-order valence-electron chi connectivity index (χ1n) is 15.0. The van der Waals surface area contributed by atoms with Crippen LogP contribution in [-0.2, 0) is 20.9 Å². The molecule has 12 heteroatoms. The molecule has 2 unspecified atom stereocenters. The van der Waals surface area contributed by atoms with E-state index in [4.69, 9.17) is 10.5 Å². The average Bonchev–Trinajstić information content (AvgIpc) is 3.50. The van der Waals surface area contributed by atoms with Gasteiger partial charge in [0.1, 0.15) is 23.2 Å². The van der Waals surface area contributed by atoms with Crippen molar-refractivity contribution in [2.45, 2.75) is 43.2 Å². The van der Waals surface area contributed by atoms with Gasteiger partial charge in [-0.25, -0.2) is 0 Å². The monoisotopic (exact) mass is 620 g/mol. The van der Waals surface area contributed by atoms with E-state index in [0.717, 1.165) is 37.1 Å². The summed E-state index contributed by atoms with van der Waals surface area (Å²) >= 11 is 0. The Labute approximate surface area is 260 Å². The third-order valence-corrected chi connectivity index (χ3v) is 10.0. The van der Waals surface area contributed by atoms with E-state index in [0.29, 0.717) is 23.4 Å². The Bertz CT molecular complexity index is 1610. The average molecular weight is 621 g/mol. The highest BCUT2D eigenvalue weighted by atomic mass is 16.5. The smallest absolute Gasteiger partial charge is 0.230 e. The molecule has 45 heavy (non-hydrogen) atoms. The maximum atomic E-state index is 14.1. The van der Waals surface area contributed by atoms with E-state index < -0.39 is 70.4 Å². The number of aliphatic hydroxyl groups is 4. The zero-order chi connectivity index (χ0) is 32.5. The van der Waals surface area contributed by atoms with Crippen LogP contribution < -0.4 is 10.5 Å². The van der Waals surface area contributed by atoms with Gasteiger partial charge in [0.2, 0.25) is 11.7 Å². The first-order chi connectivity index (χ1) is 21.3. The number of nitrogens with two attached hydrogens (primary N) is 1. The Morgan fingerprint density at radius 3 is 2.40 bits per heavy atom. The molecule has 0 aromatic heterocycles. The second kappa shape index (κ2) is 11.2. The van der Waals surface area contributed by atoms with E-state index in [1.165, 1.54) is 31.5 Å². The van der Waals surface area contributed by atoms with Gasteiger partial charge < -0.3 is 40.9 Å². The number of carbonyl (C=O) groups excluding carboxylic acids is 3. The van der Waals surface area contributed by atoms with Crippen molar-refractivity contribution in [1.82, 2.24) is 9.80 Å². The highest BCUT2D eigenvalue weighted by Crippen LogP contribution is 2.54. The lowest BCUT2D eigenvalue weighted by molar-refractivity contribution is -0.197. The van der Waals surface area contributed by atoms with E-state index in [1.54, 1.807) is 13.2 Å².